The van der Waals surface area contributed by atoms with Crippen LogP contribution in [0.25, 0.3) is 0 Å². The lowest BCUT2D eigenvalue weighted by Gasteiger charge is -2.10. The highest BCUT2D eigenvalue weighted by molar-refractivity contribution is 5.39. The van der Waals surface area contributed by atoms with Gasteiger partial charge in [0.2, 0.25) is 0 Å². The Morgan fingerprint density at radius 2 is 2.08 bits per heavy atom. The van der Waals surface area contributed by atoms with Crippen molar-refractivity contribution in [2.45, 2.75) is 13.0 Å². The van der Waals surface area contributed by atoms with E-state index in [1.807, 2.05) is 30.3 Å². The van der Waals surface area contributed by atoms with Gasteiger partial charge in [-0.1, -0.05) is 18.2 Å². The fourth-order valence-corrected chi connectivity index (χ4v) is 0.712. The number of para-hydroxylation sites is 1. The number of benzene rings is 1. The number of anilines is 1. The molecule has 0 unspecified atom stereocenters. The Balaban J connectivity index is 2.33. The third kappa shape index (κ3) is 2.90. The minimum Gasteiger partial charge on any atom is -0.394 e. The van der Waals surface area contributed by atoms with E-state index in [4.69, 9.17) is 9.94 Å². The van der Waals surface area contributed by atoms with E-state index in [0.29, 0.717) is 0 Å². The highest BCUT2D eigenvalue weighted by Gasteiger charge is 1.98. The van der Waals surface area contributed by atoms with Crippen LogP contribution in [0, 0.1) is 0 Å². The normalized spacial score (nSPS) is 12.5. The van der Waals surface area contributed by atoms with Crippen LogP contribution in [-0.4, -0.2) is 17.8 Å². The van der Waals surface area contributed by atoms with Gasteiger partial charge in [0.05, 0.1) is 12.3 Å². The molecule has 12 heavy (non-hydrogen) atoms. The molecule has 66 valence electrons. The number of hydrogen-bond donors (Lipinski definition) is 2. The van der Waals surface area contributed by atoms with Crippen LogP contribution in [0.15, 0.2) is 30.3 Å². The molecular formula is C9H13NO2. The Morgan fingerprint density at radius 1 is 1.42 bits per heavy atom. The second-order valence-electron chi connectivity index (χ2n) is 2.58. The molecule has 0 aliphatic rings. The van der Waals surface area contributed by atoms with Crippen LogP contribution in [0.2, 0.25) is 0 Å². The number of rotatable bonds is 4. The summed E-state index contributed by atoms with van der Waals surface area (Å²) in [6, 6.07) is 9.54. The Kier molecular flexibility index (Phi) is 3.57. The van der Waals surface area contributed by atoms with E-state index < -0.39 is 0 Å². The lowest BCUT2D eigenvalue weighted by atomic mass is 10.3. The summed E-state index contributed by atoms with van der Waals surface area (Å²) in [6.07, 6.45) is -0.190. The Hall–Kier alpha value is -1.06. The molecule has 0 radical (unpaired) electrons. The molecule has 0 fully saturated rings. The third-order valence-electron chi connectivity index (χ3n) is 1.41. The van der Waals surface area contributed by atoms with Crippen molar-refractivity contribution in [3.05, 3.63) is 30.3 Å². The molecule has 0 amide bonds. The zero-order valence-electron chi connectivity index (χ0n) is 7.03. The predicted molar refractivity (Wildman–Crippen MR) is 47.7 cm³/mol. The first-order valence-corrected chi connectivity index (χ1v) is 3.90. The molecule has 1 aromatic rings. The maximum absolute atomic E-state index is 8.65. The van der Waals surface area contributed by atoms with Gasteiger partial charge >= 0.3 is 0 Å². The van der Waals surface area contributed by atoms with Gasteiger partial charge in [-0.15, -0.1) is 0 Å². The highest BCUT2D eigenvalue weighted by Crippen LogP contribution is 2.05. The molecule has 0 heterocycles. The van der Waals surface area contributed by atoms with Crippen molar-refractivity contribution in [2.24, 2.45) is 0 Å². The molecule has 3 heteroatoms. The molecule has 0 saturated carbocycles. The number of aliphatic hydroxyl groups excluding tert-OH is 1. The molecule has 1 atom stereocenters. The molecule has 0 aliphatic heterocycles. The fourth-order valence-electron chi connectivity index (χ4n) is 0.712. The van der Waals surface area contributed by atoms with Crippen molar-refractivity contribution in [1.82, 2.24) is 0 Å². The molecule has 0 aromatic heterocycles. The zero-order chi connectivity index (χ0) is 8.81. The first kappa shape index (κ1) is 9.03. The topological polar surface area (TPSA) is 41.5 Å². The van der Waals surface area contributed by atoms with E-state index in [0.717, 1.165) is 5.69 Å². The monoisotopic (exact) mass is 167 g/mol. The van der Waals surface area contributed by atoms with Crippen molar-refractivity contribution in [3.63, 3.8) is 0 Å². The van der Waals surface area contributed by atoms with Gasteiger partial charge in [0.15, 0.2) is 0 Å². The second-order valence-corrected chi connectivity index (χ2v) is 2.58. The van der Waals surface area contributed by atoms with Gasteiger partial charge in [-0.3, -0.25) is 10.3 Å². The summed E-state index contributed by atoms with van der Waals surface area (Å²) in [5.41, 5.74) is 3.62. The van der Waals surface area contributed by atoms with E-state index in [-0.39, 0.29) is 12.7 Å². The smallest absolute Gasteiger partial charge is 0.106 e. The predicted octanol–water partition coefficient (Wildman–Crippen LogP) is 1.41. The van der Waals surface area contributed by atoms with Crippen molar-refractivity contribution < 1.29 is 9.94 Å². The number of aliphatic hydroxyl groups is 1. The largest absolute Gasteiger partial charge is 0.394 e. The number of nitrogens with one attached hydrogen (secondary N) is 1. The summed E-state index contributed by atoms with van der Waals surface area (Å²) >= 11 is 0. The quantitative estimate of drug-likeness (QED) is 0.666. The van der Waals surface area contributed by atoms with Gasteiger partial charge in [-0.25, -0.2) is 0 Å². The Morgan fingerprint density at radius 3 is 2.67 bits per heavy atom. The van der Waals surface area contributed by atoms with Gasteiger partial charge in [0, 0.05) is 0 Å². The molecule has 0 aliphatic carbocycles. The summed E-state index contributed by atoms with van der Waals surface area (Å²) in [6.45, 7) is 1.80. The van der Waals surface area contributed by atoms with Gasteiger partial charge in [0.1, 0.15) is 6.10 Å². The summed E-state index contributed by atoms with van der Waals surface area (Å²) in [7, 11) is 0. The van der Waals surface area contributed by atoms with Crippen molar-refractivity contribution in [2.75, 3.05) is 12.1 Å². The standard InChI is InChI=1S/C9H13NO2/c1-8(7-11)12-10-9-5-3-2-4-6-9/h2-6,8,10-11H,7H2,1H3/t8-/m1/s1. The molecule has 0 saturated heterocycles. The van der Waals surface area contributed by atoms with Gasteiger partial charge in [-0.05, 0) is 19.1 Å². The Bertz CT molecular complexity index is 213. The minimum absolute atomic E-state index is 0.0137. The van der Waals surface area contributed by atoms with E-state index >= 15 is 0 Å². The molecule has 0 bridgehead atoms. The molecule has 1 aromatic carbocycles. The van der Waals surface area contributed by atoms with Crippen LogP contribution in [0.4, 0.5) is 5.69 Å². The maximum atomic E-state index is 8.65. The van der Waals surface area contributed by atoms with E-state index in [2.05, 4.69) is 5.48 Å². The van der Waals surface area contributed by atoms with Crippen molar-refractivity contribution >= 4 is 5.69 Å². The third-order valence-corrected chi connectivity index (χ3v) is 1.41. The lowest BCUT2D eigenvalue weighted by molar-refractivity contribution is 0.0603. The summed E-state index contributed by atoms with van der Waals surface area (Å²) in [5.74, 6) is 0. The fraction of sp³-hybridized carbons (Fsp3) is 0.333. The summed E-state index contributed by atoms with van der Waals surface area (Å²) < 4.78 is 0. The highest BCUT2D eigenvalue weighted by atomic mass is 16.7. The summed E-state index contributed by atoms with van der Waals surface area (Å²) in [4.78, 5) is 5.08. The van der Waals surface area contributed by atoms with Crippen molar-refractivity contribution in [3.8, 4) is 0 Å². The molecule has 1 rings (SSSR count). The van der Waals surface area contributed by atoms with Crippen LogP contribution in [0.5, 0.6) is 0 Å². The van der Waals surface area contributed by atoms with Crippen LogP contribution < -0.4 is 5.48 Å². The summed E-state index contributed by atoms with van der Waals surface area (Å²) in [5, 5.41) is 8.65. The second kappa shape index (κ2) is 4.74. The van der Waals surface area contributed by atoms with E-state index in [1.165, 1.54) is 0 Å². The van der Waals surface area contributed by atoms with Crippen LogP contribution in [0.1, 0.15) is 6.92 Å². The average Bonchev–Trinajstić information content (AvgIpc) is 2.16. The maximum Gasteiger partial charge on any atom is 0.106 e. The average molecular weight is 167 g/mol. The Labute approximate surface area is 71.9 Å². The molecule has 2 N–H and O–H groups in total. The van der Waals surface area contributed by atoms with E-state index in [1.54, 1.807) is 6.92 Å². The molecular weight excluding hydrogens is 154 g/mol. The zero-order valence-corrected chi connectivity index (χ0v) is 7.03. The molecule has 0 spiro atoms. The number of hydrogen-bond acceptors (Lipinski definition) is 3. The van der Waals surface area contributed by atoms with Crippen LogP contribution in [-0.2, 0) is 4.84 Å². The van der Waals surface area contributed by atoms with Crippen molar-refractivity contribution in [1.29, 1.82) is 0 Å². The first-order chi connectivity index (χ1) is 5.83. The lowest BCUT2D eigenvalue weighted by Crippen LogP contribution is -2.16. The van der Waals surface area contributed by atoms with E-state index in [9.17, 15) is 0 Å². The van der Waals surface area contributed by atoms with Crippen LogP contribution in [0.3, 0.4) is 0 Å². The first-order valence-electron chi connectivity index (χ1n) is 3.90. The van der Waals surface area contributed by atoms with Gasteiger partial charge < -0.3 is 5.11 Å². The van der Waals surface area contributed by atoms with Crippen LogP contribution >= 0.6 is 0 Å². The molecule has 3 nitrogen and oxygen atoms in total. The van der Waals surface area contributed by atoms with Gasteiger partial charge in [-0.2, -0.15) is 0 Å². The van der Waals surface area contributed by atoms with Gasteiger partial charge in [0.25, 0.3) is 0 Å². The SMILES string of the molecule is C[C@H](CO)ONc1ccccc1. The minimum atomic E-state index is -0.190.